The molecule has 0 bridgehead atoms. The molecule has 1 rings (SSSR count). The van der Waals surface area contributed by atoms with Crippen LogP contribution >= 0.6 is 0 Å². The number of hydrogen-bond acceptors (Lipinski definition) is 3. The van der Waals surface area contributed by atoms with E-state index in [-0.39, 0.29) is 18.4 Å². The third kappa shape index (κ3) is 4.37. The first kappa shape index (κ1) is 14.5. The van der Waals surface area contributed by atoms with Crippen molar-refractivity contribution in [2.24, 2.45) is 5.92 Å². The zero-order valence-corrected chi connectivity index (χ0v) is 11.4. The number of anilines is 1. The van der Waals surface area contributed by atoms with Gasteiger partial charge in [-0.05, 0) is 37.1 Å². The molecule has 18 heavy (non-hydrogen) atoms. The van der Waals surface area contributed by atoms with E-state index in [4.69, 9.17) is 4.74 Å². The van der Waals surface area contributed by atoms with Gasteiger partial charge in [0.05, 0.1) is 5.60 Å². The van der Waals surface area contributed by atoms with Crippen LogP contribution < -0.4 is 10.1 Å². The number of aliphatic hydroxyl groups is 1. The van der Waals surface area contributed by atoms with Crippen LogP contribution in [0.15, 0.2) is 24.3 Å². The highest BCUT2D eigenvalue weighted by Crippen LogP contribution is 2.20. The van der Waals surface area contributed by atoms with Crippen molar-refractivity contribution in [1.82, 2.24) is 0 Å². The van der Waals surface area contributed by atoms with Crippen LogP contribution in [0.2, 0.25) is 0 Å². The van der Waals surface area contributed by atoms with E-state index < -0.39 is 5.60 Å². The van der Waals surface area contributed by atoms with E-state index in [0.717, 1.165) is 5.69 Å². The summed E-state index contributed by atoms with van der Waals surface area (Å²) in [5.74, 6) is 0.688. The smallest absolute Gasteiger partial charge is 0.221 e. The summed E-state index contributed by atoms with van der Waals surface area (Å²) >= 11 is 0. The van der Waals surface area contributed by atoms with Crippen molar-refractivity contribution < 1.29 is 14.6 Å². The van der Waals surface area contributed by atoms with Gasteiger partial charge in [0.25, 0.3) is 0 Å². The van der Waals surface area contributed by atoms with Crippen molar-refractivity contribution in [2.45, 2.75) is 33.3 Å². The second kappa shape index (κ2) is 5.87. The van der Waals surface area contributed by atoms with Crippen molar-refractivity contribution in [2.75, 3.05) is 11.9 Å². The number of carbonyl (C=O) groups excluding carboxylic acids is 1. The van der Waals surface area contributed by atoms with Gasteiger partial charge in [0, 0.05) is 12.6 Å². The van der Waals surface area contributed by atoms with Crippen LogP contribution in [0.4, 0.5) is 5.69 Å². The van der Waals surface area contributed by atoms with Gasteiger partial charge in [-0.25, -0.2) is 0 Å². The molecule has 0 spiro atoms. The lowest BCUT2D eigenvalue weighted by molar-refractivity contribution is -0.114. The standard InChI is InChI=1S/C14H21NO3/c1-10(2)14(4,17)9-18-13-7-5-12(6-8-13)15-11(3)16/h5-8,10,17H,9H2,1-4H3,(H,15,16). The van der Waals surface area contributed by atoms with E-state index in [9.17, 15) is 9.90 Å². The van der Waals surface area contributed by atoms with E-state index in [2.05, 4.69) is 5.32 Å². The predicted molar refractivity (Wildman–Crippen MR) is 71.7 cm³/mol. The average Bonchev–Trinajstić information content (AvgIpc) is 2.27. The molecule has 2 N–H and O–H groups in total. The molecular weight excluding hydrogens is 230 g/mol. The van der Waals surface area contributed by atoms with Gasteiger partial charge in [0.2, 0.25) is 5.91 Å². The first-order valence-corrected chi connectivity index (χ1v) is 6.04. The van der Waals surface area contributed by atoms with E-state index >= 15 is 0 Å². The lowest BCUT2D eigenvalue weighted by Crippen LogP contribution is -2.37. The molecule has 0 aromatic heterocycles. The fraction of sp³-hybridized carbons (Fsp3) is 0.500. The van der Waals surface area contributed by atoms with Gasteiger partial charge in [-0.15, -0.1) is 0 Å². The molecule has 4 nitrogen and oxygen atoms in total. The Morgan fingerprint density at radius 1 is 1.39 bits per heavy atom. The van der Waals surface area contributed by atoms with Crippen LogP contribution in [0.3, 0.4) is 0 Å². The summed E-state index contributed by atoms with van der Waals surface area (Å²) in [6, 6.07) is 7.06. The van der Waals surface area contributed by atoms with Crippen molar-refractivity contribution in [3.63, 3.8) is 0 Å². The third-order valence-corrected chi connectivity index (χ3v) is 2.95. The highest BCUT2D eigenvalue weighted by molar-refractivity contribution is 5.88. The lowest BCUT2D eigenvalue weighted by atomic mass is 9.94. The van der Waals surface area contributed by atoms with Gasteiger partial charge >= 0.3 is 0 Å². The van der Waals surface area contributed by atoms with Crippen molar-refractivity contribution in [1.29, 1.82) is 0 Å². The maximum absolute atomic E-state index is 10.9. The molecule has 0 saturated carbocycles. The van der Waals surface area contributed by atoms with Crippen molar-refractivity contribution in [3.8, 4) is 5.75 Å². The molecule has 1 aromatic carbocycles. The quantitative estimate of drug-likeness (QED) is 0.845. The van der Waals surface area contributed by atoms with Gasteiger partial charge in [-0.3, -0.25) is 4.79 Å². The highest BCUT2D eigenvalue weighted by Gasteiger charge is 2.25. The predicted octanol–water partition coefficient (Wildman–Crippen LogP) is 2.43. The molecule has 0 fully saturated rings. The number of benzene rings is 1. The van der Waals surface area contributed by atoms with Gasteiger partial charge in [-0.2, -0.15) is 0 Å². The zero-order chi connectivity index (χ0) is 13.8. The molecule has 1 unspecified atom stereocenters. The first-order chi connectivity index (χ1) is 8.31. The number of nitrogens with one attached hydrogen (secondary N) is 1. The van der Waals surface area contributed by atoms with Gasteiger partial charge in [-0.1, -0.05) is 13.8 Å². The fourth-order valence-electron chi connectivity index (χ4n) is 1.23. The molecule has 0 aliphatic carbocycles. The molecule has 100 valence electrons. The maximum atomic E-state index is 10.9. The Morgan fingerprint density at radius 2 is 1.94 bits per heavy atom. The van der Waals surface area contributed by atoms with Gasteiger partial charge < -0.3 is 15.2 Å². The second-order valence-corrected chi connectivity index (χ2v) is 5.01. The Balaban J connectivity index is 2.56. The molecular formula is C14H21NO3. The number of amides is 1. The van der Waals surface area contributed by atoms with Crippen molar-refractivity contribution in [3.05, 3.63) is 24.3 Å². The first-order valence-electron chi connectivity index (χ1n) is 6.04. The Morgan fingerprint density at radius 3 is 2.39 bits per heavy atom. The summed E-state index contributed by atoms with van der Waals surface area (Å²) in [6.07, 6.45) is 0. The normalized spacial score (nSPS) is 14.1. The Labute approximate surface area is 108 Å². The SMILES string of the molecule is CC(=O)Nc1ccc(OCC(C)(O)C(C)C)cc1. The molecule has 0 saturated heterocycles. The molecule has 0 aliphatic heterocycles. The minimum absolute atomic E-state index is 0.105. The van der Waals surface area contributed by atoms with Crippen LogP contribution in [-0.4, -0.2) is 23.2 Å². The van der Waals surface area contributed by atoms with E-state index in [0.29, 0.717) is 5.75 Å². The lowest BCUT2D eigenvalue weighted by Gasteiger charge is -2.27. The molecule has 1 aromatic rings. The molecule has 0 radical (unpaired) electrons. The molecule has 0 heterocycles. The van der Waals surface area contributed by atoms with Crippen LogP contribution in [0.5, 0.6) is 5.75 Å². The summed E-state index contributed by atoms with van der Waals surface area (Å²) in [7, 11) is 0. The molecule has 1 amide bonds. The highest BCUT2D eigenvalue weighted by atomic mass is 16.5. The zero-order valence-electron chi connectivity index (χ0n) is 11.4. The number of carbonyl (C=O) groups is 1. The Kier molecular flexibility index (Phi) is 4.73. The molecule has 4 heteroatoms. The number of rotatable bonds is 5. The van der Waals surface area contributed by atoms with Crippen LogP contribution in [0, 0.1) is 5.92 Å². The summed E-state index contributed by atoms with van der Waals surface area (Å²) in [5, 5.41) is 12.7. The minimum Gasteiger partial charge on any atom is -0.491 e. The number of hydrogen-bond donors (Lipinski definition) is 2. The summed E-state index contributed by atoms with van der Waals surface area (Å²) in [5.41, 5.74) is -0.124. The van der Waals surface area contributed by atoms with E-state index in [1.54, 1.807) is 31.2 Å². The molecule has 0 aliphatic rings. The Hall–Kier alpha value is -1.55. The van der Waals surface area contributed by atoms with Crippen LogP contribution in [-0.2, 0) is 4.79 Å². The fourth-order valence-corrected chi connectivity index (χ4v) is 1.23. The van der Waals surface area contributed by atoms with Crippen LogP contribution in [0.25, 0.3) is 0 Å². The monoisotopic (exact) mass is 251 g/mol. The summed E-state index contributed by atoms with van der Waals surface area (Å²) < 4.78 is 5.53. The van der Waals surface area contributed by atoms with E-state index in [1.807, 2.05) is 13.8 Å². The summed E-state index contributed by atoms with van der Waals surface area (Å²) in [4.78, 5) is 10.9. The topological polar surface area (TPSA) is 58.6 Å². The number of ether oxygens (including phenoxy) is 1. The minimum atomic E-state index is -0.851. The molecule has 1 atom stereocenters. The average molecular weight is 251 g/mol. The van der Waals surface area contributed by atoms with Crippen LogP contribution in [0.1, 0.15) is 27.7 Å². The van der Waals surface area contributed by atoms with Gasteiger partial charge in [0.1, 0.15) is 12.4 Å². The second-order valence-electron chi connectivity index (χ2n) is 5.01. The Bertz CT molecular complexity index is 396. The van der Waals surface area contributed by atoms with Crippen molar-refractivity contribution >= 4 is 11.6 Å². The van der Waals surface area contributed by atoms with E-state index in [1.165, 1.54) is 6.92 Å². The summed E-state index contributed by atoms with van der Waals surface area (Å²) in [6.45, 7) is 7.35. The third-order valence-electron chi connectivity index (χ3n) is 2.95. The largest absolute Gasteiger partial charge is 0.491 e. The van der Waals surface area contributed by atoms with Gasteiger partial charge in [0.15, 0.2) is 0 Å². The maximum Gasteiger partial charge on any atom is 0.221 e.